The molecule has 0 amide bonds. The maximum absolute atomic E-state index is 8.94. The number of para-hydroxylation sites is 3. The second-order valence-corrected chi connectivity index (χ2v) is 11.3. The van der Waals surface area contributed by atoms with E-state index in [0.717, 1.165) is 60.5 Å². The molecule has 0 saturated heterocycles. The summed E-state index contributed by atoms with van der Waals surface area (Å²) in [5.74, 6) is 0.736. The summed E-state index contributed by atoms with van der Waals surface area (Å²) in [7, 11) is 0. The molecule has 0 fully saturated rings. The molecule has 0 aliphatic carbocycles. The van der Waals surface area contributed by atoms with Crippen LogP contribution in [0.3, 0.4) is 0 Å². The SMILES string of the molecule is [2H]c1c([2H])c([2H])c(N(c2cccc(-c3c4ccccc4c(-c4c(-c5ccccc5)oc5ccccc45)c4ccccc34)c2)c2c([2H])c([2H])c([2H])c([2H])c2[2H])c([2H])c1[2H]. The van der Waals surface area contributed by atoms with Crippen LogP contribution < -0.4 is 4.90 Å². The molecule has 0 aliphatic heterocycles. The lowest BCUT2D eigenvalue weighted by atomic mass is 9.84. The van der Waals surface area contributed by atoms with Crippen LogP contribution in [0.15, 0.2) is 192 Å². The Morgan fingerprint density at radius 2 is 0.896 bits per heavy atom. The van der Waals surface area contributed by atoms with E-state index in [4.69, 9.17) is 18.1 Å². The van der Waals surface area contributed by atoms with E-state index in [1.165, 1.54) is 4.90 Å². The first-order valence-corrected chi connectivity index (χ1v) is 15.5. The predicted octanol–water partition coefficient (Wildman–Crippen LogP) is 13.2. The minimum Gasteiger partial charge on any atom is -0.455 e. The van der Waals surface area contributed by atoms with Crippen LogP contribution in [0.1, 0.15) is 13.7 Å². The van der Waals surface area contributed by atoms with Crippen LogP contribution in [0.25, 0.3) is 66.1 Å². The summed E-state index contributed by atoms with van der Waals surface area (Å²) in [6.45, 7) is 0. The van der Waals surface area contributed by atoms with Gasteiger partial charge in [0, 0.05) is 39.1 Å². The van der Waals surface area contributed by atoms with Gasteiger partial charge in [0.1, 0.15) is 11.3 Å². The van der Waals surface area contributed by atoms with E-state index in [0.29, 0.717) is 5.56 Å². The standard InChI is InChI=1S/C46H31NO/c1-4-17-32(18-5-1)46-45(41-29-14-15-30-42(41)48-46)44-39-27-12-10-25-37(39)43(38-26-11-13-28-40(38)44)33-19-16-24-36(31-33)47(34-20-6-2-7-21-34)35-22-8-3-9-23-35/h1-31H/i2D,3D,6D,7D,8D,9D,20D,21D,22D,23D. The fraction of sp³-hybridized carbons (Fsp3) is 0. The second-order valence-electron chi connectivity index (χ2n) is 11.3. The Hall–Kier alpha value is -6.38. The number of rotatable bonds is 6. The molecular formula is C46H31NO. The summed E-state index contributed by atoms with van der Waals surface area (Å²) in [5, 5.41) is 4.64. The van der Waals surface area contributed by atoms with Crippen molar-refractivity contribution in [1.29, 1.82) is 0 Å². The molecule has 1 heterocycles. The summed E-state index contributed by atoms with van der Waals surface area (Å²) >= 11 is 0. The molecule has 0 N–H and O–H groups in total. The minimum atomic E-state index is -0.626. The highest BCUT2D eigenvalue weighted by Gasteiger charge is 2.24. The molecular weight excluding hydrogens is 583 g/mol. The van der Waals surface area contributed by atoms with Gasteiger partial charge in [-0.3, -0.25) is 0 Å². The van der Waals surface area contributed by atoms with Gasteiger partial charge in [-0.2, -0.15) is 0 Å². The smallest absolute Gasteiger partial charge is 0.143 e. The molecule has 48 heavy (non-hydrogen) atoms. The van der Waals surface area contributed by atoms with Crippen molar-refractivity contribution in [3.63, 3.8) is 0 Å². The van der Waals surface area contributed by atoms with Gasteiger partial charge in [0.2, 0.25) is 0 Å². The summed E-state index contributed by atoms with van der Waals surface area (Å²) < 4.78 is 92.9. The van der Waals surface area contributed by atoms with Crippen molar-refractivity contribution in [1.82, 2.24) is 0 Å². The van der Waals surface area contributed by atoms with Gasteiger partial charge in [0.15, 0.2) is 0 Å². The Morgan fingerprint density at radius 1 is 0.396 bits per heavy atom. The summed E-state index contributed by atoms with van der Waals surface area (Å²) in [4.78, 5) is 1.19. The van der Waals surface area contributed by atoms with Crippen LogP contribution in [0.5, 0.6) is 0 Å². The molecule has 9 aromatic rings. The van der Waals surface area contributed by atoms with Crippen molar-refractivity contribution < 1.29 is 18.1 Å². The van der Waals surface area contributed by atoms with Gasteiger partial charge in [-0.1, -0.05) is 145 Å². The van der Waals surface area contributed by atoms with Gasteiger partial charge >= 0.3 is 0 Å². The Labute approximate surface area is 293 Å². The Kier molecular flexibility index (Phi) is 4.74. The van der Waals surface area contributed by atoms with Gasteiger partial charge in [-0.15, -0.1) is 0 Å². The maximum Gasteiger partial charge on any atom is 0.143 e. The quantitative estimate of drug-likeness (QED) is 0.171. The van der Waals surface area contributed by atoms with Crippen LogP contribution >= 0.6 is 0 Å². The van der Waals surface area contributed by atoms with E-state index >= 15 is 0 Å². The molecule has 2 nitrogen and oxygen atoms in total. The predicted molar refractivity (Wildman–Crippen MR) is 202 cm³/mol. The van der Waals surface area contributed by atoms with Crippen molar-refractivity contribution in [2.75, 3.05) is 4.90 Å². The third-order valence-corrected chi connectivity index (χ3v) is 8.63. The van der Waals surface area contributed by atoms with Crippen molar-refractivity contribution >= 4 is 49.6 Å². The lowest BCUT2D eigenvalue weighted by Gasteiger charge is -2.26. The number of anilines is 3. The Balaban J connectivity index is 1.37. The van der Waals surface area contributed by atoms with Crippen molar-refractivity contribution in [3.05, 3.63) is 188 Å². The second kappa shape index (κ2) is 11.8. The zero-order chi connectivity index (χ0) is 40.6. The number of nitrogens with zero attached hydrogens (tertiary/aromatic N) is 1. The van der Waals surface area contributed by atoms with Crippen LogP contribution in [0.2, 0.25) is 0 Å². The number of furan rings is 1. The maximum atomic E-state index is 8.94. The monoisotopic (exact) mass is 623 g/mol. The molecule has 2 heteroatoms. The summed E-state index contributed by atoms with van der Waals surface area (Å²) in [6.07, 6.45) is 0. The first-order chi connectivity index (χ1) is 28.0. The fourth-order valence-corrected chi connectivity index (χ4v) is 6.68. The van der Waals surface area contributed by atoms with E-state index in [1.807, 2.05) is 91.0 Å². The molecule has 0 atom stereocenters. The van der Waals surface area contributed by atoms with Crippen molar-refractivity contribution in [2.24, 2.45) is 0 Å². The fourth-order valence-electron chi connectivity index (χ4n) is 6.68. The zero-order valence-electron chi connectivity index (χ0n) is 35.5. The van der Waals surface area contributed by atoms with E-state index < -0.39 is 60.4 Å². The molecule has 0 unspecified atom stereocenters. The van der Waals surface area contributed by atoms with Crippen LogP contribution in [0.4, 0.5) is 17.1 Å². The van der Waals surface area contributed by atoms with E-state index in [-0.39, 0.29) is 17.1 Å². The number of fused-ring (bicyclic) bond motifs is 3. The minimum absolute atomic E-state index is 0.221. The largest absolute Gasteiger partial charge is 0.455 e. The third-order valence-electron chi connectivity index (χ3n) is 8.63. The topological polar surface area (TPSA) is 16.4 Å². The highest BCUT2D eigenvalue weighted by molar-refractivity contribution is 6.25. The highest BCUT2D eigenvalue weighted by atomic mass is 16.3. The number of hydrogen-bond donors (Lipinski definition) is 0. The van der Waals surface area contributed by atoms with Crippen molar-refractivity contribution in [2.45, 2.75) is 0 Å². The van der Waals surface area contributed by atoms with Crippen LogP contribution in [0, 0.1) is 0 Å². The molecule has 0 aliphatic rings. The molecule has 0 bridgehead atoms. The van der Waals surface area contributed by atoms with Crippen LogP contribution in [-0.4, -0.2) is 0 Å². The molecule has 226 valence electrons. The summed E-state index contributed by atoms with van der Waals surface area (Å²) in [6, 6.07) is 35.1. The normalized spacial score (nSPS) is 14.2. The average Bonchev–Trinajstić information content (AvgIpc) is 3.64. The third kappa shape index (κ3) is 4.66. The molecule has 8 aromatic carbocycles. The van der Waals surface area contributed by atoms with Crippen molar-refractivity contribution in [3.8, 4) is 33.6 Å². The number of hydrogen-bond acceptors (Lipinski definition) is 2. The highest BCUT2D eigenvalue weighted by Crippen LogP contribution is 2.50. The Bertz CT molecular complexity index is 2960. The van der Waals surface area contributed by atoms with Gasteiger partial charge in [0.05, 0.1) is 13.7 Å². The first-order valence-electron chi connectivity index (χ1n) is 20.5. The van der Waals surface area contributed by atoms with E-state index in [2.05, 4.69) is 18.2 Å². The Morgan fingerprint density at radius 3 is 1.50 bits per heavy atom. The number of benzene rings is 8. The van der Waals surface area contributed by atoms with Gasteiger partial charge in [-0.05, 0) is 75.0 Å². The molecule has 0 spiro atoms. The first kappa shape index (κ1) is 19.3. The molecule has 0 saturated carbocycles. The van der Waals surface area contributed by atoms with Crippen LogP contribution in [-0.2, 0) is 0 Å². The van der Waals surface area contributed by atoms with E-state index in [9.17, 15) is 0 Å². The lowest BCUT2D eigenvalue weighted by molar-refractivity contribution is 0.632. The van der Waals surface area contributed by atoms with E-state index in [1.54, 1.807) is 18.2 Å². The zero-order valence-corrected chi connectivity index (χ0v) is 25.5. The van der Waals surface area contributed by atoms with Gasteiger partial charge in [-0.25, -0.2) is 0 Å². The molecule has 0 radical (unpaired) electrons. The average molecular weight is 624 g/mol. The summed E-state index contributed by atoms with van der Waals surface area (Å²) in [5.41, 5.74) is 4.64. The lowest BCUT2D eigenvalue weighted by Crippen LogP contribution is -2.09. The molecule has 1 aromatic heterocycles. The molecule has 9 rings (SSSR count). The van der Waals surface area contributed by atoms with Gasteiger partial charge < -0.3 is 9.32 Å². The van der Waals surface area contributed by atoms with Gasteiger partial charge in [0.25, 0.3) is 0 Å².